The average molecular weight is 162 g/mol. The number of amides is 1. The molecule has 0 aliphatic carbocycles. The van der Waals surface area contributed by atoms with Crippen molar-refractivity contribution < 1.29 is 4.79 Å². The summed E-state index contributed by atoms with van der Waals surface area (Å²) in [5.41, 5.74) is 2.69. The molecule has 2 heterocycles. The van der Waals surface area contributed by atoms with Gasteiger partial charge in [-0.3, -0.25) is 9.78 Å². The summed E-state index contributed by atoms with van der Waals surface area (Å²) >= 11 is 0. The van der Waals surface area contributed by atoms with Gasteiger partial charge in [-0.05, 0) is 18.6 Å². The number of carbonyl (C=O) groups excluding carboxylic acids is 1. The standard InChI is InChI=1S/C9H10N2O/c1-6-4-7-8(11-5-6)2-3-10-9(7)12/h4-5H,2-3H2,1H3,(H,10,12). The summed E-state index contributed by atoms with van der Waals surface area (Å²) < 4.78 is 0. The third kappa shape index (κ3) is 1.07. The lowest BCUT2D eigenvalue weighted by molar-refractivity contribution is 0.0945. The fourth-order valence-corrected chi connectivity index (χ4v) is 1.38. The molecule has 3 nitrogen and oxygen atoms in total. The molecule has 0 bridgehead atoms. The van der Waals surface area contributed by atoms with Crippen molar-refractivity contribution in [1.82, 2.24) is 10.3 Å². The van der Waals surface area contributed by atoms with Crippen LogP contribution in [0.2, 0.25) is 0 Å². The lowest BCUT2D eigenvalue weighted by atomic mass is 10.1. The van der Waals surface area contributed by atoms with E-state index in [1.807, 2.05) is 13.0 Å². The SMILES string of the molecule is Cc1cnc2c(c1)C(=O)NCC2. The molecule has 0 saturated heterocycles. The van der Waals surface area contributed by atoms with E-state index in [0.717, 1.165) is 23.2 Å². The molecule has 2 rings (SSSR count). The van der Waals surface area contributed by atoms with E-state index in [-0.39, 0.29) is 5.91 Å². The summed E-state index contributed by atoms with van der Waals surface area (Å²) in [5.74, 6) is 0.00690. The number of pyridine rings is 1. The van der Waals surface area contributed by atoms with Gasteiger partial charge in [-0.15, -0.1) is 0 Å². The predicted molar refractivity (Wildman–Crippen MR) is 45.0 cm³/mol. The van der Waals surface area contributed by atoms with Crippen LogP contribution in [0.25, 0.3) is 0 Å². The fourth-order valence-electron chi connectivity index (χ4n) is 1.38. The van der Waals surface area contributed by atoms with Gasteiger partial charge in [-0.2, -0.15) is 0 Å². The van der Waals surface area contributed by atoms with Gasteiger partial charge in [0.25, 0.3) is 5.91 Å². The highest BCUT2D eigenvalue weighted by Gasteiger charge is 2.16. The minimum Gasteiger partial charge on any atom is -0.352 e. The largest absolute Gasteiger partial charge is 0.352 e. The Kier molecular flexibility index (Phi) is 1.57. The number of nitrogens with one attached hydrogen (secondary N) is 1. The number of nitrogens with zero attached hydrogens (tertiary/aromatic N) is 1. The van der Waals surface area contributed by atoms with E-state index >= 15 is 0 Å². The molecule has 0 aromatic carbocycles. The fraction of sp³-hybridized carbons (Fsp3) is 0.333. The molecule has 1 N–H and O–H groups in total. The van der Waals surface area contributed by atoms with Crippen molar-refractivity contribution in [2.24, 2.45) is 0 Å². The monoisotopic (exact) mass is 162 g/mol. The zero-order valence-electron chi connectivity index (χ0n) is 6.92. The van der Waals surface area contributed by atoms with Crippen molar-refractivity contribution >= 4 is 5.91 Å². The third-order valence-corrected chi connectivity index (χ3v) is 2.00. The molecule has 3 heteroatoms. The summed E-state index contributed by atoms with van der Waals surface area (Å²) in [4.78, 5) is 15.5. The van der Waals surface area contributed by atoms with Crippen molar-refractivity contribution in [3.8, 4) is 0 Å². The zero-order valence-corrected chi connectivity index (χ0v) is 6.92. The third-order valence-electron chi connectivity index (χ3n) is 2.00. The van der Waals surface area contributed by atoms with Crippen LogP contribution in [0.1, 0.15) is 21.6 Å². The minimum absolute atomic E-state index is 0.00690. The number of carbonyl (C=O) groups is 1. The van der Waals surface area contributed by atoms with Crippen LogP contribution >= 0.6 is 0 Å². The van der Waals surface area contributed by atoms with Gasteiger partial charge in [0.1, 0.15) is 0 Å². The summed E-state index contributed by atoms with van der Waals surface area (Å²) in [6.45, 7) is 2.65. The Hall–Kier alpha value is -1.38. The van der Waals surface area contributed by atoms with Crippen molar-refractivity contribution in [3.63, 3.8) is 0 Å². The summed E-state index contributed by atoms with van der Waals surface area (Å²) in [7, 11) is 0. The Morgan fingerprint density at radius 2 is 2.42 bits per heavy atom. The van der Waals surface area contributed by atoms with E-state index in [2.05, 4.69) is 10.3 Å². The van der Waals surface area contributed by atoms with Crippen LogP contribution in [0.15, 0.2) is 12.3 Å². The quantitative estimate of drug-likeness (QED) is 0.609. The van der Waals surface area contributed by atoms with Crippen molar-refractivity contribution in [3.05, 3.63) is 29.1 Å². The molecule has 0 spiro atoms. The first kappa shape index (κ1) is 7.28. The molecular weight excluding hydrogens is 152 g/mol. The Bertz CT molecular complexity index is 333. The second-order valence-corrected chi connectivity index (χ2v) is 3.01. The van der Waals surface area contributed by atoms with Gasteiger partial charge < -0.3 is 5.32 Å². The number of aryl methyl sites for hydroxylation is 1. The van der Waals surface area contributed by atoms with Gasteiger partial charge in [0.05, 0.1) is 11.3 Å². The van der Waals surface area contributed by atoms with Gasteiger partial charge in [-0.25, -0.2) is 0 Å². The van der Waals surface area contributed by atoms with Crippen LogP contribution in [0.3, 0.4) is 0 Å². The second kappa shape index (κ2) is 2.59. The molecule has 0 radical (unpaired) electrons. The molecule has 0 atom stereocenters. The molecule has 0 unspecified atom stereocenters. The number of rotatable bonds is 0. The molecule has 0 saturated carbocycles. The van der Waals surface area contributed by atoms with Crippen molar-refractivity contribution in [1.29, 1.82) is 0 Å². The lowest BCUT2D eigenvalue weighted by Gasteiger charge is -2.15. The zero-order chi connectivity index (χ0) is 8.55. The van der Waals surface area contributed by atoms with E-state index in [1.54, 1.807) is 6.20 Å². The highest BCUT2D eigenvalue weighted by Crippen LogP contribution is 2.11. The highest BCUT2D eigenvalue weighted by atomic mass is 16.1. The number of hydrogen-bond donors (Lipinski definition) is 1. The first-order chi connectivity index (χ1) is 5.77. The number of hydrogen-bond acceptors (Lipinski definition) is 2. The molecule has 62 valence electrons. The molecule has 0 fully saturated rings. The van der Waals surface area contributed by atoms with Gasteiger partial charge in [0.15, 0.2) is 0 Å². The maximum Gasteiger partial charge on any atom is 0.253 e. The molecule has 12 heavy (non-hydrogen) atoms. The topological polar surface area (TPSA) is 42.0 Å². The summed E-state index contributed by atoms with van der Waals surface area (Å²) in [5, 5.41) is 2.79. The van der Waals surface area contributed by atoms with Crippen molar-refractivity contribution in [2.45, 2.75) is 13.3 Å². The van der Waals surface area contributed by atoms with Crippen LogP contribution in [-0.2, 0) is 6.42 Å². The second-order valence-electron chi connectivity index (χ2n) is 3.01. The van der Waals surface area contributed by atoms with Crippen LogP contribution in [0.5, 0.6) is 0 Å². The molecule has 1 aliphatic heterocycles. The van der Waals surface area contributed by atoms with E-state index in [0.29, 0.717) is 6.54 Å². The van der Waals surface area contributed by atoms with Gasteiger partial charge >= 0.3 is 0 Å². The van der Waals surface area contributed by atoms with Gasteiger partial charge in [0, 0.05) is 19.2 Å². The smallest absolute Gasteiger partial charge is 0.253 e. The Morgan fingerprint density at radius 1 is 1.58 bits per heavy atom. The number of aromatic nitrogens is 1. The first-order valence-electron chi connectivity index (χ1n) is 4.01. The van der Waals surface area contributed by atoms with E-state index in [9.17, 15) is 4.79 Å². The Labute approximate surface area is 70.8 Å². The predicted octanol–water partition coefficient (Wildman–Crippen LogP) is 0.676. The molecule has 1 aliphatic rings. The van der Waals surface area contributed by atoms with Gasteiger partial charge in [-0.1, -0.05) is 0 Å². The Balaban J connectivity index is 2.54. The maximum atomic E-state index is 11.3. The summed E-state index contributed by atoms with van der Waals surface area (Å²) in [6.07, 6.45) is 2.65. The maximum absolute atomic E-state index is 11.3. The van der Waals surface area contributed by atoms with E-state index in [1.165, 1.54) is 0 Å². The van der Waals surface area contributed by atoms with E-state index < -0.39 is 0 Å². The first-order valence-corrected chi connectivity index (χ1v) is 4.01. The van der Waals surface area contributed by atoms with Crippen LogP contribution in [-0.4, -0.2) is 17.4 Å². The summed E-state index contributed by atoms with van der Waals surface area (Å²) in [6, 6.07) is 1.89. The average Bonchev–Trinajstić information content (AvgIpc) is 2.07. The van der Waals surface area contributed by atoms with Gasteiger partial charge in [0.2, 0.25) is 0 Å². The minimum atomic E-state index is 0.00690. The number of fused-ring (bicyclic) bond motifs is 1. The van der Waals surface area contributed by atoms with E-state index in [4.69, 9.17) is 0 Å². The molecular formula is C9H10N2O. The molecule has 1 amide bonds. The van der Waals surface area contributed by atoms with Crippen LogP contribution in [0.4, 0.5) is 0 Å². The normalized spacial score (nSPS) is 15.2. The lowest BCUT2D eigenvalue weighted by Crippen LogP contribution is -2.32. The van der Waals surface area contributed by atoms with Crippen LogP contribution < -0.4 is 5.32 Å². The molecule has 1 aromatic rings. The molecule has 1 aromatic heterocycles. The van der Waals surface area contributed by atoms with Crippen molar-refractivity contribution in [2.75, 3.05) is 6.54 Å². The Morgan fingerprint density at radius 3 is 3.25 bits per heavy atom. The highest BCUT2D eigenvalue weighted by molar-refractivity contribution is 5.96. The van der Waals surface area contributed by atoms with Crippen LogP contribution in [0, 0.1) is 6.92 Å².